The Morgan fingerprint density at radius 3 is 1.42 bits per heavy atom. The van der Waals surface area contributed by atoms with Crippen LogP contribution in [0, 0.1) is 0 Å². The van der Waals surface area contributed by atoms with Crippen LogP contribution in [0.5, 0.6) is 23.0 Å². The number of nitrogens with one attached hydrogen (secondary N) is 1. The van der Waals surface area contributed by atoms with Gasteiger partial charge in [0.2, 0.25) is 23.6 Å². The number of H-pyrrole nitrogens is 1. The smallest absolute Gasteiger partial charge is 0.248 e. The fourth-order valence-corrected chi connectivity index (χ4v) is 7.80. The molecule has 0 aliphatic carbocycles. The maximum atomic E-state index is 6.45. The Kier molecular flexibility index (Phi) is 10.9. The first-order valence-electron chi connectivity index (χ1n) is 22.0. The maximum Gasteiger partial charge on any atom is 0.248 e. The Bertz CT molecular complexity index is 3280. The monoisotopic (exact) mass is 871 g/mol. The van der Waals surface area contributed by atoms with Gasteiger partial charge in [-0.05, 0) is 124 Å². The van der Waals surface area contributed by atoms with Gasteiger partial charge in [-0.15, -0.1) is 20.4 Å². The molecule has 10 rings (SSSR count). The first kappa shape index (κ1) is 42.0. The van der Waals surface area contributed by atoms with E-state index in [-0.39, 0.29) is 17.4 Å². The molecule has 7 aromatic carbocycles. The fraction of sp³-hybridized carbons (Fsp3) is 0.179. The Labute approximate surface area is 383 Å². The van der Waals surface area contributed by atoms with Crippen molar-refractivity contribution in [3.63, 3.8) is 0 Å². The highest BCUT2D eigenvalue weighted by molar-refractivity contribution is 6.07. The number of aromatic amines is 1. The van der Waals surface area contributed by atoms with Crippen LogP contribution in [0.3, 0.4) is 0 Å². The largest absolute Gasteiger partial charge is 0.489 e. The summed E-state index contributed by atoms with van der Waals surface area (Å²) in [6.07, 6.45) is 0. The van der Waals surface area contributed by atoms with Crippen LogP contribution in [-0.4, -0.2) is 25.4 Å². The van der Waals surface area contributed by atoms with Crippen molar-refractivity contribution in [3.05, 3.63) is 180 Å². The summed E-state index contributed by atoms with van der Waals surface area (Å²) in [5, 5.41) is 19.6. The van der Waals surface area contributed by atoms with E-state index in [1.807, 2.05) is 109 Å². The van der Waals surface area contributed by atoms with Crippen molar-refractivity contribution in [2.45, 2.75) is 65.6 Å². The summed E-state index contributed by atoms with van der Waals surface area (Å²) in [5.41, 5.74) is 9.89. The third-order valence-electron chi connectivity index (χ3n) is 11.6. The van der Waals surface area contributed by atoms with E-state index in [0.717, 1.165) is 55.5 Å². The van der Waals surface area contributed by atoms with E-state index in [2.05, 4.69) is 115 Å². The van der Waals surface area contributed by atoms with E-state index in [9.17, 15) is 0 Å². The average Bonchev–Trinajstić information content (AvgIpc) is 4.10. The molecule has 0 saturated heterocycles. The molecule has 0 atom stereocenters. The lowest BCUT2D eigenvalue weighted by atomic mass is 9.87. The quantitative estimate of drug-likeness (QED) is 0.128. The van der Waals surface area contributed by atoms with E-state index in [4.69, 9.17) is 23.0 Å². The van der Waals surface area contributed by atoms with Gasteiger partial charge in [0.1, 0.15) is 36.2 Å². The van der Waals surface area contributed by atoms with Gasteiger partial charge in [0.05, 0.1) is 5.52 Å². The second kappa shape index (κ2) is 17.2. The second-order valence-corrected chi connectivity index (χ2v) is 18.6. The number of nitrogens with zero attached hydrogens (tertiary/aromatic N) is 4. The van der Waals surface area contributed by atoms with Crippen LogP contribution in [0.4, 0.5) is 0 Å². The van der Waals surface area contributed by atoms with E-state index in [1.54, 1.807) is 0 Å². The number of rotatable bonds is 12. The molecule has 0 spiro atoms. The average molecular weight is 872 g/mol. The highest BCUT2D eigenvalue weighted by Crippen LogP contribution is 2.34. The molecule has 0 aliphatic heterocycles. The zero-order chi connectivity index (χ0) is 45.4. The Morgan fingerprint density at radius 1 is 0.409 bits per heavy atom. The van der Waals surface area contributed by atoms with Crippen LogP contribution in [0.2, 0.25) is 0 Å². The molecular weight excluding hydrogens is 823 g/mol. The number of fused-ring (bicyclic) bond motifs is 3. The summed E-state index contributed by atoms with van der Waals surface area (Å²) >= 11 is 0. The second-order valence-electron chi connectivity index (χ2n) is 18.6. The zero-order valence-electron chi connectivity index (χ0n) is 37.8. The third-order valence-corrected chi connectivity index (χ3v) is 11.6. The van der Waals surface area contributed by atoms with Gasteiger partial charge in [-0.25, -0.2) is 0 Å². The van der Waals surface area contributed by atoms with Gasteiger partial charge in [0, 0.05) is 50.7 Å². The lowest BCUT2D eigenvalue weighted by Gasteiger charge is -2.18. The van der Waals surface area contributed by atoms with Gasteiger partial charge in [-0.3, -0.25) is 0 Å². The van der Waals surface area contributed by atoms with E-state index in [1.165, 1.54) is 16.5 Å². The molecule has 3 aromatic heterocycles. The summed E-state index contributed by atoms with van der Waals surface area (Å²) in [5.74, 6) is 4.43. The van der Waals surface area contributed by atoms with E-state index >= 15 is 0 Å². The highest BCUT2D eigenvalue weighted by Gasteiger charge is 2.18. The number of benzene rings is 7. The van der Waals surface area contributed by atoms with Crippen LogP contribution in [0.25, 0.3) is 67.6 Å². The van der Waals surface area contributed by atoms with E-state index in [0.29, 0.717) is 47.4 Å². The van der Waals surface area contributed by atoms with Crippen LogP contribution in [0.15, 0.2) is 167 Å². The lowest BCUT2D eigenvalue weighted by molar-refractivity contribution is 0.294. The van der Waals surface area contributed by atoms with Crippen molar-refractivity contribution in [1.82, 2.24) is 25.4 Å². The van der Waals surface area contributed by atoms with E-state index < -0.39 is 0 Å². The van der Waals surface area contributed by atoms with Crippen molar-refractivity contribution in [2.24, 2.45) is 0 Å². The molecule has 0 amide bonds. The van der Waals surface area contributed by atoms with Gasteiger partial charge < -0.3 is 28.0 Å². The SMILES string of the molecule is CC(C)(C)c1ccc(-c2nnc(-c3ccc(COc4cc(COc5ccc6c(c5)[nH]c5ccccc56)cc(Oc5ccc(-c6nnc(-c7ccc(C(C)(C)C)cc7)o6)cc5)c4)cc3)o2)cc1. The van der Waals surface area contributed by atoms with Gasteiger partial charge in [-0.1, -0.05) is 96.1 Å². The van der Waals surface area contributed by atoms with Gasteiger partial charge in [-0.2, -0.15) is 0 Å². The van der Waals surface area contributed by atoms with Crippen molar-refractivity contribution >= 4 is 21.8 Å². The minimum atomic E-state index is 0.0541. The summed E-state index contributed by atoms with van der Waals surface area (Å²) in [6.45, 7) is 13.8. The Hall–Kier alpha value is -7.98. The summed E-state index contributed by atoms with van der Waals surface area (Å²) < 4.78 is 31.4. The Balaban J connectivity index is 0.849. The van der Waals surface area contributed by atoms with Crippen molar-refractivity contribution < 1.29 is 23.0 Å². The summed E-state index contributed by atoms with van der Waals surface area (Å²) in [7, 11) is 0. The maximum absolute atomic E-state index is 6.45. The molecule has 0 unspecified atom stereocenters. The predicted octanol–water partition coefficient (Wildman–Crippen LogP) is 14.3. The normalized spacial score (nSPS) is 11.9. The molecule has 10 aromatic rings. The Morgan fingerprint density at radius 2 is 0.864 bits per heavy atom. The van der Waals surface area contributed by atoms with Gasteiger partial charge in [0.25, 0.3) is 0 Å². The standard InChI is InChI=1S/C56H49N5O5/c1-55(2,3)41-21-15-38(16-22-41)52-59-58-51(65-52)37-13-11-35(12-14-37)33-63-45-29-36(34-62-44-27-28-48-47-9-7-8-10-49(47)57-50(48)32-44)30-46(31-45)64-43-25-19-40(20-26-43)54-61-60-53(66-54)39-17-23-42(24-18-39)56(4,5)6/h7-32,57H,33-34H2,1-6H3. The summed E-state index contributed by atoms with van der Waals surface area (Å²) in [4.78, 5) is 3.50. The van der Waals surface area contributed by atoms with Gasteiger partial charge >= 0.3 is 0 Å². The molecule has 0 aliphatic rings. The number of aromatic nitrogens is 5. The topological polar surface area (TPSA) is 121 Å². The number of hydrogen-bond donors (Lipinski definition) is 1. The van der Waals surface area contributed by atoms with Crippen molar-refractivity contribution in [2.75, 3.05) is 0 Å². The minimum Gasteiger partial charge on any atom is -0.489 e. The first-order chi connectivity index (χ1) is 31.9. The zero-order valence-corrected chi connectivity index (χ0v) is 37.8. The minimum absolute atomic E-state index is 0.0541. The molecule has 3 heterocycles. The first-order valence-corrected chi connectivity index (χ1v) is 22.0. The lowest BCUT2D eigenvalue weighted by Crippen LogP contribution is -2.10. The van der Waals surface area contributed by atoms with Gasteiger partial charge in [0.15, 0.2) is 0 Å². The van der Waals surface area contributed by atoms with Crippen LogP contribution < -0.4 is 14.2 Å². The number of ether oxygens (including phenoxy) is 3. The summed E-state index contributed by atoms with van der Waals surface area (Å²) in [6, 6.07) is 52.2. The number of para-hydroxylation sites is 1. The molecule has 0 bridgehead atoms. The molecule has 0 fully saturated rings. The number of hydrogen-bond acceptors (Lipinski definition) is 9. The fourth-order valence-electron chi connectivity index (χ4n) is 7.80. The van der Waals surface area contributed by atoms with Crippen molar-refractivity contribution in [3.8, 4) is 68.8 Å². The molecule has 66 heavy (non-hydrogen) atoms. The van der Waals surface area contributed by atoms with Crippen molar-refractivity contribution in [1.29, 1.82) is 0 Å². The highest BCUT2D eigenvalue weighted by atomic mass is 16.5. The molecule has 10 nitrogen and oxygen atoms in total. The predicted molar refractivity (Wildman–Crippen MR) is 259 cm³/mol. The molecule has 0 saturated carbocycles. The van der Waals surface area contributed by atoms with Crippen LogP contribution in [0.1, 0.15) is 63.8 Å². The molecule has 10 heteroatoms. The van der Waals surface area contributed by atoms with Crippen LogP contribution in [-0.2, 0) is 24.0 Å². The molecule has 1 N–H and O–H groups in total. The molecule has 0 radical (unpaired) electrons. The molecule has 328 valence electrons. The third kappa shape index (κ3) is 9.17. The van der Waals surface area contributed by atoms with Crippen LogP contribution >= 0.6 is 0 Å². The molecular formula is C56H49N5O5.